The van der Waals surface area contributed by atoms with E-state index in [1.165, 1.54) is 40.3 Å². The fraction of sp³-hybridized carbons (Fsp3) is 0.273. The number of aryl methyl sites for hydroxylation is 1. The zero-order valence-electron chi connectivity index (χ0n) is 17.6. The van der Waals surface area contributed by atoms with Crippen molar-refractivity contribution < 1.29 is 17.6 Å². The number of aromatic nitrogens is 1. The van der Waals surface area contributed by atoms with Crippen LogP contribution in [0.4, 0.5) is 10.1 Å². The Morgan fingerprint density at radius 1 is 1.10 bits per heavy atom. The van der Waals surface area contributed by atoms with E-state index in [0.29, 0.717) is 29.3 Å². The lowest BCUT2D eigenvalue weighted by molar-refractivity contribution is -0.113. The van der Waals surface area contributed by atoms with Crippen LogP contribution in [0, 0.1) is 12.7 Å². The summed E-state index contributed by atoms with van der Waals surface area (Å²) in [6.07, 6.45) is 0. The van der Waals surface area contributed by atoms with E-state index in [9.17, 15) is 17.6 Å². The van der Waals surface area contributed by atoms with E-state index in [-0.39, 0.29) is 22.4 Å². The topological polar surface area (TPSA) is 79.4 Å². The number of rotatable bonds is 8. The normalized spacial score (nSPS) is 11.8. The molecule has 0 aliphatic carbocycles. The third kappa shape index (κ3) is 5.41. The molecule has 31 heavy (non-hydrogen) atoms. The van der Waals surface area contributed by atoms with Crippen LogP contribution in [0.2, 0.25) is 0 Å². The first kappa shape index (κ1) is 23.2. The Bertz CT molecular complexity index is 1190. The number of carbonyl (C=O) groups excluding carboxylic acids is 1. The third-order valence-electron chi connectivity index (χ3n) is 4.79. The average Bonchev–Trinajstić information content (AvgIpc) is 2.74. The van der Waals surface area contributed by atoms with E-state index in [4.69, 9.17) is 0 Å². The predicted molar refractivity (Wildman–Crippen MR) is 122 cm³/mol. The quantitative estimate of drug-likeness (QED) is 0.502. The number of fused-ring (bicyclic) bond motifs is 1. The van der Waals surface area contributed by atoms with Crippen LogP contribution in [0.5, 0.6) is 0 Å². The summed E-state index contributed by atoms with van der Waals surface area (Å²) in [7, 11) is -3.55. The maximum Gasteiger partial charge on any atom is 0.243 e. The van der Waals surface area contributed by atoms with Gasteiger partial charge < -0.3 is 5.32 Å². The van der Waals surface area contributed by atoms with Crippen LogP contribution >= 0.6 is 11.8 Å². The number of pyridine rings is 1. The molecule has 0 radical (unpaired) electrons. The molecule has 0 saturated carbocycles. The van der Waals surface area contributed by atoms with Gasteiger partial charge in [0.1, 0.15) is 5.82 Å². The van der Waals surface area contributed by atoms with Crippen molar-refractivity contribution in [2.45, 2.75) is 30.7 Å². The van der Waals surface area contributed by atoms with Crippen molar-refractivity contribution in [1.82, 2.24) is 9.29 Å². The summed E-state index contributed by atoms with van der Waals surface area (Å²) in [6, 6.07) is 12.3. The van der Waals surface area contributed by atoms with Gasteiger partial charge in [0.15, 0.2) is 0 Å². The minimum atomic E-state index is -3.55. The van der Waals surface area contributed by atoms with Crippen molar-refractivity contribution in [1.29, 1.82) is 0 Å². The predicted octanol–water partition coefficient (Wildman–Crippen LogP) is 4.44. The van der Waals surface area contributed by atoms with E-state index < -0.39 is 10.0 Å². The van der Waals surface area contributed by atoms with Gasteiger partial charge in [-0.25, -0.2) is 17.8 Å². The lowest BCUT2D eigenvalue weighted by Crippen LogP contribution is -2.30. The van der Waals surface area contributed by atoms with Crippen molar-refractivity contribution in [3.05, 3.63) is 59.9 Å². The first-order valence-corrected chi connectivity index (χ1v) is 12.3. The van der Waals surface area contributed by atoms with E-state index in [1.807, 2.05) is 26.8 Å². The number of anilines is 1. The number of hydrogen-bond acceptors (Lipinski definition) is 5. The van der Waals surface area contributed by atoms with Crippen LogP contribution in [0.1, 0.15) is 19.4 Å². The molecule has 0 fully saturated rings. The Balaban J connectivity index is 1.76. The minimum Gasteiger partial charge on any atom is -0.325 e. The molecule has 1 N–H and O–H groups in total. The molecule has 3 aromatic rings. The summed E-state index contributed by atoms with van der Waals surface area (Å²) >= 11 is 1.28. The number of amides is 1. The molecule has 6 nitrogen and oxygen atoms in total. The number of hydrogen-bond donors (Lipinski definition) is 1. The number of carbonyl (C=O) groups is 1. The Morgan fingerprint density at radius 3 is 2.42 bits per heavy atom. The fourth-order valence-electron chi connectivity index (χ4n) is 3.16. The Kier molecular flexibility index (Phi) is 7.30. The molecule has 0 saturated heterocycles. The van der Waals surface area contributed by atoms with Crippen molar-refractivity contribution in [2.75, 3.05) is 24.2 Å². The molecule has 0 aliphatic heterocycles. The van der Waals surface area contributed by atoms with Gasteiger partial charge in [-0.1, -0.05) is 25.6 Å². The molecule has 0 bridgehead atoms. The van der Waals surface area contributed by atoms with Crippen molar-refractivity contribution in [2.24, 2.45) is 0 Å². The highest BCUT2D eigenvalue weighted by Crippen LogP contribution is 2.27. The number of nitrogens with one attached hydrogen (secondary N) is 1. The number of benzene rings is 2. The van der Waals surface area contributed by atoms with E-state index >= 15 is 0 Å². The summed E-state index contributed by atoms with van der Waals surface area (Å²) < 4.78 is 40.0. The standard InChI is InChI=1S/C22H24FN3O3S2/c1-4-26(5-2)31(28,29)18-10-11-20-19(13-18)15(3)12-22(25-20)30-14-21(27)24-17-8-6-16(23)7-9-17/h6-13H,4-5,14H2,1-3H3,(H,24,27). The highest BCUT2D eigenvalue weighted by Gasteiger charge is 2.22. The molecule has 2 aromatic carbocycles. The van der Waals surface area contributed by atoms with Gasteiger partial charge >= 0.3 is 0 Å². The van der Waals surface area contributed by atoms with Gasteiger partial charge in [0.05, 0.1) is 21.2 Å². The molecule has 164 valence electrons. The molecule has 1 heterocycles. The van der Waals surface area contributed by atoms with Crippen LogP contribution in [0.25, 0.3) is 10.9 Å². The number of nitrogens with zero attached hydrogens (tertiary/aromatic N) is 2. The highest BCUT2D eigenvalue weighted by atomic mass is 32.2. The van der Waals surface area contributed by atoms with Crippen LogP contribution in [-0.4, -0.2) is 42.5 Å². The van der Waals surface area contributed by atoms with Gasteiger partial charge in [-0.05, 0) is 61.0 Å². The van der Waals surface area contributed by atoms with Gasteiger partial charge in [-0.2, -0.15) is 4.31 Å². The molecule has 0 unspecified atom stereocenters. The first-order chi connectivity index (χ1) is 14.7. The van der Waals surface area contributed by atoms with Crippen LogP contribution in [-0.2, 0) is 14.8 Å². The number of sulfonamides is 1. The van der Waals surface area contributed by atoms with Crippen molar-refractivity contribution in [3.63, 3.8) is 0 Å². The van der Waals surface area contributed by atoms with Gasteiger partial charge in [0, 0.05) is 24.2 Å². The van der Waals surface area contributed by atoms with Crippen molar-refractivity contribution in [3.8, 4) is 0 Å². The van der Waals surface area contributed by atoms with Gasteiger partial charge in [0.2, 0.25) is 15.9 Å². The Morgan fingerprint density at radius 2 is 1.77 bits per heavy atom. The minimum absolute atomic E-state index is 0.143. The second kappa shape index (κ2) is 9.76. The summed E-state index contributed by atoms with van der Waals surface area (Å²) in [5.74, 6) is -0.447. The maximum atomic E-state index is 13.0. The zero-order valence-corrected chi connectivity index (χ0v) is 19.2. The SMILES string of the molecule is CCN(CC)S(=O)(=O)c1ccc2nc(SCC(=O)Nc3ccc(F)cc3)cc(C)c2c1. The Labute approximate surface area is 185 Å². The molecule has 0 atom stereocenters. The average molecular weight is 462 g/mol. The van der Waals surface area contributed by atoms with Crippen LogP contribution < -0.4 is 5.32 Å². The molecular formula is C22H24FN3O3S2. The van der Waals surface area contributed by atoms with E-state index in [1.54, 1.807) is 18.2 Å². The Hall–Kier alpha value is -2.49. The first-order valence-electron chi connectivity index (χ1n) is 9.84. The second-order valence-electron chi connectivity index (χ2n) is 6.89. The number of halogens is 1. The third-order valence-corrected chi connectivity index (χ3v) is 7.74. The van der Waals surface area contributed by atoms with Gasteiger partial charge in [-0.3, -0.25) is 4.79 Å². The number of thioether (sulfide) groups is 1. The smallest absolute Gasteiger partial charge is 0.243 e. The molecule has 1 aromatic heterocycles. The molecular weight excluding hydrogens is 437 g/mol. The van der Waals surface area contributed by atoms with Crippen LogP contribution in [0.15, 0.2) is 58.5 Å². The monoisotopic (exact) mass is 461 g/mol. The van der Waals surface area contributed by atoms with Gasteiger partial charge in [-0.15, -0.1) is 0 Å². The second-order valence-corrected chi connectivity index (χ2v) is 9.82. The summed E-state index contributed by atoms with van der Waals surface area (Å²) in [4.78, 5) is 17.0. The van der Waals surface area contributed by atoms with Crippen molar-refractivity contribution >= 4 is 44.3 Å². The van der Waals surface area contributed by atoms with Crippen LogP contribution in [0.3, 0.4) is 0 Å². The highest BCUT2D eigenvalue weighted by molar-refractivity contribution is 7.99. The van der Waals surface area contributed by atoms with Gasteiger partial charge in [0.25, 0.3) is 0 Å². The van der Waals surface area contributed by atoms with E-state index in [2.05, 4.69) is 10.3 Å². The zero-order chi connectivity index (χ0) is 22.6. The molecule has 9 heteroatoms. The lowest BCUT2D eigenvalue weighted by Gasteiger charge is -2.19. The molecule has 0 spiro atoms. The summed E-state index contributed by atoms with van der Waals surface area (Å²) in [5.41, 5.74) is 2.07. The summed E-state index contributed by atoms with van der Waals surface area (Å²) in [5, 5.41) is 4.13. The summed E-state index contributed by atoms with van der Waals surface area (Å²) in [6.45, 7) is 6.32. The fourth-order valence-corrected chi connectivity index (χ4v) is 5.42. The molecule has 0 aliphatic rings. The van der Waals surface area contributed by atoms with E-state index in [0.717, 1.165) is 10.9 Å². The molecule has 1 amide bonds. The largest absolute Gasteiger partial charge is 0.325 e. The molecule has 3 rings (SSSR count). The lowest BCUT2D eigenvalue weighted by atomic mass is 10.1. The maximum absolute atomic E-state index is 13.0.